The lowest BCUT2D eigenvalue weighted by Gasteiger charge is -2.27. The minimum absolute atomic E-state index is 0.00403. The summed E-state index contributed by atoms with van der Waals surface area (Å²) in [5.74, 6) is -0.319. The van der Waals surface area contributed by atoms with Crippen LogP contribution in [0.2, 0.25) is 0 Å². The van der Waals surface area contributed by atoms with Gasteiger partial charge in [-0.25, -0.2) is 8.42 Å². The first-order valence-electron chi connectivity index (χ1n) is 11.6. The normalized spacial score (nSPS) is 15.4. The van der Waals surface area contributed by atoms with Gasteiger partial charge in [0.1, 0.15) is 10.6 Å². The van der Waals surface area contributed by atoms with E-state index in [1.54, 1.807) is 19.1 Å². The molecule has 1 saturated heterocycles. The van der Waals surface area contributed by atoms with Crippen molar-refractivity contribution in [3.63, 3.8) is 0 Å². The van der Waals surface area contributed by atoms with Crippen molar-refractivity contribution in [2.45, 2.75) is 57.4 Å². The zero-order valence-corrected chi connectivity index (χ0v) is 20.8. The van der Waals surface area contributed by atoms with E-state index in [2.05, 4.69) is 10.6 Å². The number of rotatable bonds is 9. The minimum Gasteiger partial charge on any atom is -0.492 e. The highest BCUT2D eigenvalue weighted by Gasteiger charge is 2.29. The summed E-state index contributed by atoms with van der Waals surface area (Å²) in [5, 5.41) is 5.60. The molecular formula is C25H33N3O5S. The maximum Gasteiger partial charge on any atom is 0.246 e. The zero-order valence-electron chi connectivity index (χ0n) is 20.0. The van der Waals surface area contributed by atoms with E-state index < -0.39 is 16.1 Å². The number of nitrogens with zero attached hydrogens (tertiary/aromatic N) is 1. The fourth-order valence-corrected chi connectivity index (χ4v) is 5.67. The lowest BCUT2D eigenvalue weighted by atomic mass is 10.0. The third kappa shape index (κ3) is 6.57. The van der Waals surface area contributed by atoms with Crippen LogP contribution >= 0.6 is 0 Å². The Morgan fingerprint density at radius 3 is 2.35 bits per heavy atom. The maximum atomic E-state index is 13.3. The van der Waals surface area contributed by atoms with E-state index in [1.165, 1.54) is 17.3 Å². The summed E-state index contributed by atoms with van der Waals surface area (Å²) < 4.78 is 33.7. The Hall–Kier alpha value is -2.91. The SMILES string of the molecule is CCOc1ccc(NC(=O)CC(NC(C)=O)c2ccc(C)cc2)cc1S(=O)(=O)N1CCCCC1. The van der Waals surface area contributed by atoms with Gasteiger partial charge < -0.3 is 15.4 Å². The Labute approximate surface area is 201 Å². The van der Waals surface area contributed by atoms with Crippen molar-refractivity contribution in [3.8, 4) is 5.75 Å². The maximum absolute atomic E-state index is 13.3. The molecule has 184 valence electrons. The zero-order chi connectivity index (χ0) is 24.7. The standard InChI is InChI=1S/C25H33N3O5S/c1-4-33-23-13-12-21(16-24(23)34(31,32)28-14-6-5-7-15-28)27-25(30)17-22(26-19(3)29)20-10-8-18(2)9-11-20/h8-13,16,22H,4-7,14-15,17H2,1-3H3,(H,26,29)(H,27,30). The van der Waals surface area contributed by atoms with Crippen molar-refractivity contribution in [2.75, 3.05) is 25.0 Å². The van der Waals surface area contributed by atoms with Crippen molar-refractivity contribution < 1.29 is 22.7 Å². The lowest BCUT2D eigenvalue weighted by molar-refractivity contribution is -0.120. The molecular weight excluding hydrogens is 454 g/mol. The number of ether oxygens (including phenoxy) is 1. The molecule has 3 rings (SSSR count). The molecule has 2 aromatic carbocycles. The van der Waals surface area contributed by atoms with E-state index in [9.17, 15) is 18.0 Å². The predicted molar refractivity (Wildman–Crippen MR) is 131 cm³/mol. The summed E-state index contributed by atoms with van der Waals surface area (Å²) >= 11 is 0. The molecule has 0 bridgehead atoms. The molecule has 0 spiro atoms. The van der Waals surface area contributed by atoms with Gasteiger partial charge in [0.2, 0.25) is 21.8 Å². The molecule has 1 unspecified atom stereocenters. The topological polar surface area (TPSA) is 105 Å². The summed E-state index contributed by atoms with van der Waals surface area (Å²) in [5.41, 5.74) is 2.25. The van der Waals surface area contributed by atoms with Gasteiger partial charge in [0, 0.05) is 25.7 Å². The lowest BCUT2D eigenvalue weighted by Crippen LogP contribution is -2.35. The molecule has 8 nitrogen and oxygen atoms in total. The Morgan fingerprint density at radius 2 is 1.74 bits per heavy atom. The first kappa shape index (κ1) is 25.7. The monoisotopic (exact) mass is 487 g/mol. The van der Waals surface area contributed by atoms with Gasteiger partial charge in [-0.05, 0) is 50.5 Å². The summed E-state index contributed by atoms with van der Waals surface area (Å²) in [4.78, 5) is 24.6. The molecule has 0 aromatic heterocycles. The second kappa shape index (κ2) is 11.5. The van der Waals surface area contributed by atoms with E-state index in [-0.39, 0.29) is 28.9 Å². The number of carbonyl (C=O) groups excluding carboxylic acids is 2. The van der Waals surface area contributed by atoms with Crippen LogP contribution in [-0.4, -0.2) is 44.2 Å². The molecule has 1 atom stereocenters. The van der Waals surface area contributed by atoms with Crippen LogP contribution in [0.25, 0.3) is 0 Å². The second-order valence-corrected chi connectivity index (χ2v) is 10.4. The van der Waals surface area contributed by atoms with E-state index in [1.807, 2.05) is 31.2 Å². The Bertz CT molecular complexity index is 1110. The van der Waals surface area contributed by atoms with E-state index in [0.29, 0.717) is 25.4 Å². The van der Waals surface area contributed by atoms with Gasteiger partial charge in [-0.2, -0.15) is 4.31 Å². The van der Waals surface area contributed by atoms with Crippen LogP contribution in [0.4, 0.5) is 5.69 Å². The number of benzene rings is 2. The number of hydrogen-bond donors (Lipinski definition) is 2. The van der Waals surface area contributed by atoms with Gasteiger partial charge in [-0.3, -0.25) is 9.59 Å². The molecule has 1 aliphatic rings. The highest BCUT2D eigenvalue weighted by molar-refractivity contribution is 7.89. The van der Waals surface area contributed by atoms with Crippen LogP contribution in [0.1, 0.15) is 56.7 Å². The van der Waals surface area contributed by atoms with Crippen LogP contribution in [-0.2, 0) is 19.6 Å². The van der Waals surface area contributed by atoms with E-state index >= 15 is 0 Å². The molecule has 1 fully saturated rings. The van der Waals surface area contributed by atoms with Gasteiger partial charge in [0.15, 0.2) is 0 Å². The molecule has 2 amide bonds. The van der Waals surface area contributed by atoms with Crippen LogP contribution in [0, 0.1) is 6.92 Å². The van der Waals surface area contributed by atoms with E-state index in [4.69, 9.17) is 4.74 Å². The molecule has 1 heterocycles. The number of hydrogen-bond acceptors (Lipinski definition) is 5. The van der Waals surface area contributed by atoms with Crippen LogP contribution < -0.4 is 15.4 Å². The predicted octanol–water partition coefficient (Wildman–Crippen LogP) is 3.77. The Balaban J connectivity index is 1.82. The van der Waals surface area contributed by atoms with Gasteiger partial charge in [0.25, 0.3) is 0 Å². The van der Waals surface area contributed by atoms with Crippen molar-refractivity contribution in [1.29, 1.82) is 0 Å². The molecule has 0 aliphatic carbocycles. The Kier molecular flexibility index (Phi) is 8.68. The molecule has 34 heavy (non-hydrogen) atoms. The summed E-state index contributed by atoms with van der Waals surface area (Å²) in [7, 11) is -3.76. The number of amides is 2. The molecule has 0 radical (unpaired) electrons. The van der Waals surface area contributed by atoms with E-state index in [0.717, 1.165) is 30.4 Å². The molecule has 1 aliphatic heterocycles. The minimum atomic E-state index is -3.76. The fourth-order valence-electron chi connectivity index (χ4n) is 4.00. The third-order valence-electron chi connectivity index (χ3n) is 5.71. The molecule has 9 heteroatoms. The summed E-state index contributed by atoms with van der Waals surface area (Å²) in [6.07, 6.45) is 2.66. The highest BCUT2D eigenvalue weighted by Crippen LogP contribution is 2.31. The molecule has 2 aromatic rings. The quantitative estimate of drug-likeness (QED) is 0.560. The smallest absolute Gasteiger partial charge is 0.246 e. The fraction of sp³-hybridized carbons (Fsp3) is 0.440. The third-order valence-corrected chi connectivity index (χ3v) is 7.63. The van der Waals surface area contributed by atoms with Crippen LogP contribution in [0.3, 0.4) is 0 Å². The average molecular weight is 488 g/mol. The number of carbonyl (C=O) groups is 2. The van der Waals surface area contributed by atoms with Gasteiger partial charge in [-0.15, -0.1) is 0 Å². The number of sulfonamides is 1. The first-order chi connectivity index (χ1) is 16.2. The second-order valence-electron chi connectivity index (χ2n) is 8.48. The summed E-state index contributed by atoms with van der Waals surface area (Å²) in [6.45, 7) is 6.43. The van der Waals surface area contributed by atoms with Crippen LogP contribution in [0.5, 0.6) is 5.75 Å². The average Bonchev–Trinajstić information content (AvgIpc) is 2.80. The van der Waals surface area contributed by atoms with Crippen LogP contribution in [0.15, 0.2) is 47.4 Å². The number of nitrogens with one attached hydrogen (secondary N) is 2. The van der Waals surface area contributed by atoms with Gasteiger partial charge in [0.05, 0.1) is 19.1 Å². The van der Waals surface area contributed by atoms with Gasteiger partial charge in [-0.1, -0.05) is 36.2 Å². The number of aryl methyl sites for hydroxylation is 1. The first-order valence-corrected chi connectivity index (χ1v) is 13.0. The number of anilines is 1. The largest absolute Gasteiger partial charge is 0.492 e. The highest BCUT2D eigenvalue weighted by atomic mass is 32.2. The van der Waals surface area contributed by atoms with Crippen molar-refractivity contribution in [1.82, 2.24) is 9.62 Å². The summed E-state index contributed by atoms with van der Waals surface area (Å²) in [6, 6.07) is 11.7. The van der Waals surface area contributed by atoms with Crippen molar-refractivity contribution in [2.24, 2.45) is 0 Å². The molecule has 2 N–H and O–H groups in total. The van der Waals surface area contributed by atoms with Crippen molar-refractivity contribution in [3.05, 3.63) is 53.6 Å². The molecule has 0 saturated carbocycles. The van der Waals surface area contributed by atoms with Crippen molar-refractivity contribution >= 4 is 27.5 Å². The number of piperidine rings is 1. The van der Waals surface area contributed by atoms with Gasteiger partial charge >= 0.3 is 0 Å². The Morgan fingerprint density at radius 1 is 1.06 bits per heavy atom.